The van der Waals surface area contributed by atoms with Crippen LogP contribution in [-0.4, -0.2) is 154 Å². The molecular weight excluding hydrogens is 1550 g/mol. The molecule has 0 bridgehead atoms. The number of unbranched alkanes of at least 4 members (excludes halogenated alkanes) is 24. The lowest BCUT2D eigenvalue weighted by molar-refractivity contribution is -0.291. The molecule has 1 fully saturated rings. The monoisotopic (exact) mass is 1670 g/mol. The highest BCUT2D eigenvalue weighted by Crippen LogP contribution is 2.44. The number of phenols is 10. The van der Waals surface area contributed by atoms with Crippen LogP contribution in [0.2, 0.25) is 0 Å². The van der Waals surface area contributed by atoms with E-state index in [-0.39, 0.29) is 37.7 Å². The minimum atomic E-state index is -2.58. The zero-order chi connectivity index (χ0) is 87.1. The number of esters is 9. The summed E-state index contributed by atoms with van der Waals surface area (Å²) >= 11 is 0. The third kappa shape index (κ3) is 31.2. The van der Waals surface area contributed by atoms with Gasteiger partial charge < -0.3 is 103 Å². The minimum absolute atomic E-state index is 0.0753. The van der Waals surface area contributed by atoms with Crippen molar-refractivity contribution in [1.82, 2.24) is 0 Å². The highest BCUT2D eigenvalue weighted by molar-refractivity contribution is 5.99. The van der Waals surface area contributed by atoms with E-state index in [9.17, 15) is 89.4 Å². The smallest absolute Gasteiger partial charge is 0.340 e. The second kappa shape index (κ2) is 50.4. The van der Waals surface area contributed by atoms with Crippen molar-refractivity contribution in [1.29, 1.82) is 0 Å². The molecule has 1 aliphatic heterocycles. The van der Waals surface area contributed by atoms with Crippen LogP contribution < -0.4 is 23.7 Å². The van der Waals surface area contributed by atoms with Crippen LogP contribution in [0, 0.1) is 0 Å². The maximum absolute atomic E-state index is 15.2. The lowest BCUT2D eigenvalue weighted by Gasteiger charge is -2.44. The number of carbonyl (C=O) groups is 10. The Hall–Kier alpha value is -11.3. The van der Waals surface area contributed by atoms with Gasteiger partial charge in [-0.3, -0.25) is 24.0 Å². The van der Waals surface area contributed by atoms with E-state index in [0.29, 0.717) is 94.2 Å². The fraction of sp³-hybridized carbons (Fsp3) is 0.523. The van der Waals surface area contributed by atoms with Gasteiger partial charge in [-0.15, -0.1) is 0 Å². The molecule has 5 aromatic rings. The fourth-order valence-corrected chi connectivity index (χ4v) is 12.8. The zero-order valence-corrected chi connectivity index (χ0v) is 68.4. The molecule has 5 unspecified atom stereocenters. The van der Waals surface area contributed by atoms with Crippen LogP contribution in [0.15, 0.2) is 72.8 Å². The Morgan fingerprint density at radius 1 is 0.328 bits per heavy atom. The average Bonchev–Trinajstić information content (AvgIpc) is 0.768. The maximum Gasteiger partial charge on any atom is 0.340 e. The van der Waals surface area contributed by atoms with Crippen LogP contribution in [-0.2, 0) is 52.4 Å². The van der Waals surface area contributed by atoms with E-state index in [4.69, 9.17) is 52.1 Å². The molecule has 652 valence electrons. The lowest BCUT2D eigenvalue weighted by atomic mass is 9.97. The topological polar surface area (TPSA) is 475 Å². The van der Waals surface area contributed by atoms with Gasteiger partial charge in [-0.05, 0) is 99.2 Å². The van der Waals surface area contributed by atoms with Crippen molar-refractivity contribution in [2.24, 2.45) is 0 Å². The number of rotatable bonds is 53. The van der Waals surface area contributed by atoms with Gasteiger partial charge in [-0.25, -0.2) is 24.0 Å². The molecule has 119 heavy (non-hydrogen) atoms. The molecule has 31 heteroatoms. The molecule has 31 nitrogen and oxygen atoms in total. The molecule has 0 aromatic heterocycles. The maximum atomic E-state index is 15.2. The lowest BCUT2D eigenvalue weighted by Crippen LogP contribution is -2.63. The predicted octanol–water partition coefficient (Wildman–Crippen LogP) is 16.6. The number of ketones is 1. The summed E-state index contributed by atoms with van der Waals surface area (Å²) in [5.74, 6) is -26.3. The fourth-order valence-electron chi connectivity index (χ4n) is 12.8. The molecule has 0 radical (unpaired) electrons. The molecular formula is C88H114O31. The van der Waals surface area contributed by atoms with Crippen LogP contribution in [0.5, 0.6) is 86.2 Å². The number of ether oxygens (including phenoxy) is 11. The molecule has 5 atom stereocenters. The van der Waals surface area contributed by atoms with Crippen molar-refractivity contribution in [3.63, 3.8) is 0 Å². The first-order chi connectivity index (χ1) is 57.0. The number of Topliss-reactive ketones (excluding diaryl/α,β-unsaturated/α-hetero) is 1. The molecule has 0 aliphatic carbocycles. The molecule has 0 saturated carbocycles. The molecule has 10 N–H and O–H groups in total. The van der Waals surface area contributed by atoms with Gasteiger partial charge in [0, 0.05) is 36.8 Å². The highest BCUT2D eigenvalue weighted by atomic mass is 16.7. The summed E-state index contributed by atoms with van der Waals surface area (Å²) in [5, 5.41) is 112. The molecule has 0 amide bonds. The Bertz CT molecular complexity index is 4210. The van der Waals surface area contributed by atoms with Gasteiger partial charge in [0.05, 0.1) is 22.3 Å². The van der Waals surface area contributed by atoms with Gasteiger partial charge in [0.15, 0.2) is 81.6 Å². The SMILES string of the molecule is C=C(CCCCCCC)C(=O)Oc1cc(C(=O)OC2C(COC(=O)c3cc(O)c(O)c(OC(=O)CCCCCCCC)c3)OC(OC(=O)c3cc(O)c(OC(=O)CCCCCCCC)c(O)c3)C(OCC(=O)c3cc(O)c(O)c(OC(=O)CCCCCCCC)c3)C2OC(=O)c2cc(O)c(OC(=O)CCCCCCCC)c(O)c2)cc(O)c1O. The summed E-state index contributed by atoms with van der Waals surface area (Å²) in [6.45, 7) is 11.3. The van der Waals surface area contributed by atoms with E-state index in [1.54, 1.807) is 0 Å². The van der Waals surface area contributed by atoms with E-state index >= 15 is 9.59 Å². The second-order valence-corrected chi connectivity index (χ2v) is 29.3. The van der Waals surface area contributed by atoms with Crippen LogP contribution in [0.1, 0.15) is 305 Å². The zero-order valence-electron chi connectivity index (χ0n) is 68.4. The van der Waals surface area contributed by atoms with Crippen molar-refractivity contribution < 1.29 is 151 Å². The number of aromatic hydroxyl groups is 10. The van der Waals surface area contributed by atoms with Crippen LogP contribution in [0.3, 0.4) is 0 Å². The Morgan fingerprint density at radius 2 is 0.630 bits per heavy atom. The summed E-state index contributed by atoms with van der Waals surface area (Å²) in [7, 11) is 0. The van der Waals surface area contributed by atoms with Crippen molar-refractivity contribution >= 4 is 59.5 Å². The van der Waals surface area contributed by atoms with E-state index in [1.165, 1.54) is 0 Å². The second-order valence-electron chi connectivity index (χ2n) is 29.3. The van der Waals surface area contributed by atoms with E-state index in [0.717, 1.165) is 153 Å². The summed E-state index contributed by atoms with van der Waals surface area (Å²) < 4.78 is 63.4. The van der Waals surface area contributed by atoms with Gasteiger partial charge in [0.1, 0.15) is 19.3 Å². The van der Waals surface area contributed by atoms with E-state index < -0.39 is 217 Å². The molecule has 0 spiro atoms. The first kappa shape index (κ1) is 96.5. The number of hydrogen-bond acceptors (Lipinski definition) is 31. The van der Waals surface area contributed by atoms with Gasteiger partial charge in [0.25, 0.3) is 0 Å². The minimum Gasteiger partial charge on any atom is -0.504 e. The first-order valence-corrected chi connectivity index (χ1v) is 41.2. The third-order valence-electron chi connectivity index (χ3n) is 19.5. The quantitative estimate of drug-likeness (QED) is 0.00329. The summed E-state index contributed by atoms with van der Waals surface area (Å²) in [6.07, 6.45) is 9.88. The van der Waals surface area contributed by atoms with Crippen LogP contribution >= 0.6 is 0 Å². The van der Waals surface area contributed by atoms with E-state index in [1.807, 2.05) is 34.6 Å². The average molecular weight is 1670 g/mol. The predicted molar refractivity (Wildman–Crippen MR) is 428 cm³/mol. The van der Waals surface area contributed by atoms with Crippen molar-refractivity contribution in [2.45, 2.75) is 284 Å². The van der Waals surface area contributed by atoms with Crippen LogP contribution in [0.4, 0.5) is 0 Å². The van der Waals surface area contributed by atoms with Gasteiger partial charge >= 0.3 is 53.7 Å². The standard InChI is InChI=1S/C88H114O31/c1-7-12-17-22-27-32-37-71(97)111-67-48-54(41-59(89)75(67)101)66(96)51-109-82-81(118-85(106)55-44-62(92)78(63(93)45-55)115-73(99)39-34-29-24-19-14-9-3)80(117-86(107)58-43-61(91)77(103)69(50-58)113-83(104)53(6)36-31-26-21-16-11-5)70(52-110-84(105)57-42-60(90)76(102)68(49-57)112-72(98)38-33-28-23-18-13-8-2)114-88(82)119-87(108)56-46-64(94)79(65(95)47-56)116-74(100)40-35-30-25-20-15-10-4/h41-50,70,80-82,88-95,101-103H,6-40,51-52H2,1-5H3. The number of hydrogen-bond donors (Lipinski definition) is 10. The van der Waals surface area contributed by atoms with Crippen molar-refractivity contribution in [2.75, 3.05) is 13.2 Å². The third-order valence-corrected chi connectivity index (χ3v) is 19.5. The van der Waals surface area contributed by atoms with Gasteiger partial charge in [0.2, 0.25) is 35.0 Å². The normalized spacial score (nSPS) is 14.9. The van der Waals surface area contributed by atoms with Gasteiger partial charge in [-0.2, -0.15) is 0 Å². The Labute approximate surface area is 691 Å². The van der Waals surface area contributed by atoms with Crippen molar-refractivity contribution in [3.8, 4) is 86.2 Å². The van der Waals surface area contributed by atoms with E-state index in [2.05, 4.69) is 6.58 Å². The summed E-state index contributed by atoms with van der Waals surface area (Å²) in [6, 6.07) is 7.12. The molecule has 1 aliphatic rings. The highest BCUT2D eigenvalue weighted by Gasteiger charge is 2.54. The summed E-state index contributed by atoms with van der Waals surface area (Å²) in [5.41, 5.74) is -3.68. The molecule has 5 aromatic carbocycles. The largest absolute Gasteiger partial charge is 0.504 e. The first-order valence-electron chi connectivity index (χ1n) is 41.2. The van der Waals surface area contributed by atoms with Crippen LogP contribution in [0.25, 0.3) is 0 Å². The molecule has 6 rings (SSSR count). The van der Waals surface area contributed by atoms with Crippen molar-refractivity contribution in [3.05, 3.63) is 101 Å². The molecule has 1 heterocycles. The Balaban J connectivity index is 1.54. The Morgan fingerprint density at radius 3 is 1.03 bits per heavy atom. The number of phenolic OH excluding ortho intramolecular Hbond substituents is 10. The molecule has 1 saturated heterocycles. The summed E-state index contributed by atoms with van der Waals surface area (Å²) in [4.78, 5) is 140. The Kier molecular flexibility index (Phi) is 40.9. The number of benzene rings is 5. The number of carbonyl (C=O) groups excluding carboxylic acids is 10. The van der Waals surface area contributed by atoms with Gasteiger partial charge in [-0.1, -0.05) is 195 Å².